The van der Waals surface area contributed by atoms with E-state index in [1.54, 1.807) is 25.3 Å². The first-order chi connectivity index (χ1) is 17.5. The minimum absolute atomic E-state index is 0.107. The fraction of sp³-hybridized carbons (Fsp3) is 0.310. The zero-order valence-electron chi connectivity index (χ0n) is 20.6. The summed E-state index contributed by atoms with van der Waals surface area (Å²) in [6, 6.07) is 20.7. The van der Waals surface area contributed by atoms with Crippen molar-refractivity contribution in [2.75, 3.05) is 27.4 Å². The zero-order valence-corrected chi connectivity index (χ0v) is 20.6. The molecule has 1 aliphatic carbocycles. The molecule has 1 amide bonds. The van der Waals surface area contributed by atoms with Gasteiger partial charge in [0.05, 0.1) is 20.8 Å². The van der Waals surface area contributed by atoms with Gasteiger partial charge in [-0.05, 0) is 46.9 Å². The lowest BCUT2D eigenvalue weighted by Crippen LogP contribution is -2.56. The van der Waals surface area contributed by atoms with E-state index < -0.39 is 17.4 Å². The number of hydrogen-bond acceptors (Lipinski definition) is 6. The molecule has 0 aromatic heterocycles. The lowest BCUT2D eigenvalue weighted by Gasteiger charge is -2.27. The van der Waals surface area contributed by atoms with Gasteiger partial charge in [-0.25, -0.2) is 4.79 Å². The SMILES string of the molecule is COC(=O)C1(NC(=O)c2ccc(OC)c(OCCc3cccc(CCO)c3)c2)Cc2ccccc2C1. The summed E-state index contributed by atoms with van der Waals surface area (Å²) in [6.07, 6.45) is 2.01. The second-order valence-electron chi connectivity index (χ2n) is 8.91. The van der Waals surface area contributed by atoms with Gasteiger partial charge in [-0.1, -0.05) is 48.5 Å². The van der Waals surface area contributed by atoms with Gasteiger partial charge in [0.2, 0.25) is 0 Å². The van der Waals surface area contributed by atoms with Crippen molar-refractivity contribution in [2.24, 2.45) is 0 Å². The second kappa shape index (κ2) is 11.3. The monoisotopic (exact) mass is 489 g/mol. The summed E-state index contributed by atoms with van der Waals surface area (Å²) in [5.74, 6) is 0.0906. The first-order valence-electron chi connectivity index (χ1n) is 12.0. The third-order valence-corrected chi connectivity index (χ3v) is 6.50. The summed E-state index contributed by atoms with van der Waals surface area (Å²) in [6.45, 7) is 0.487. The molecule has 7 nitrogen and oxygen atoms in total. The van der Waals surface area contributed by atoms with Crippen LogP contribution in [-0.2, 0) is 35.2 Å². The number of benzene rings is 3. The molecule has 1 aliphatic rings. The van der Waals surface area contributed by atoms with Gasteiger partial charge < -0.3 is 24.6 Å². The molecule has 0 radical (unpaired) electrons. The fourth-order valence-electron chi connectivity index (χ4n) is 4.66. The van der Waals surface area contributed by atoms with Crippen LogP contribution in [0.5, 0.6) is 11.5 Å². The van der Waals surface area contributed by atoms with Crippen LogP contribution in [0.1, 0.15) is 32.6 Å². The number of aliphatic hydroxyl groups is 1. The van der Waals surface area contributed by atoms with Crippen molar-refractivity contribution >= 4 is 11.9 Å². The minimum Gasteiger partial charge on any atom is -0.493 e. The summed E-state index contributed by atoms with van der Waals surface area (Å²) in [7, 11) is 2.88. The predicted molar refractivity (Wildman–Crippen MR) is 135 cm³/mol. The number of carbonyl (C=O) groups excluding carboxylic acids is 2. The van der Waals surface area contributed by atoms with Gasteiger partial charge in [0.1, 0.15) is 5.54 Å². The van der Waals surface area contributed by atoms with Crippen LogP contribution < -0.4 is 14.8 Å². The van der Waals surface area contributed by atoms with E-state index in [0.717, 1.165) is 22.3 Å². The molecular formula is C29H31NO6. The average Bonchev–Trinajstić information content (AvgIpc) is 3.27. The zero-order chi connectivity index (χ0) is 25.5. The van der Waals surface area contributed by atoms with Gasteiger partial charge in [-0.3, -0.25) is 4.79 Å². The van der Waals surface area contributed by atoms with Gasteiger partial charge in [0.25, 0.3) is 5.91 Å². The van der Waals surface area contributed by atoms with Crippen molar-refractivity contribution in [2.45, 2.75) is 31.2 Å². The van der Waals surface area contributed by atoms with E-state index in [2.05, 4.69) is 5.32 Å². The maximum absolute atomic E-state index is 13.3. The Morgan fingerprint density at radius 3 is 2.22 bits per heavy atom. The third-order valence-electron chi connectivity index (χ3n) is 6.50. The lowest BCUT2D eigenvalue weighted by molar-refractivity contribution is -0.147. The van der Waals surface area contributed by atoms with E-state index in [-0.39, 0.29) is 6.61 Å². The Bertz CT molecular complexity index is 1210. The molecule has 3 aromatic carbocycles. The number of nitrogens with one attached hydrogen (secondary N) is 1. The predicted octanol–water partition coefficient (Wildman–Crippen LogP) is 3.29. The maximum atomic E-state index is 13.3. The molecule has 0 saturated carbocycles. The van der Waals surface area contributed by atoms with Crippen molar-refractivity contribution in [3.05, 3.63) is 94.5 Å². The van der Waals surface area contributed by atoms with Gasteiger partial charge in [0, 0.05) is 31.4 Å². The van der Waals surface area contributed by atoms with Crippen molar-refractivity contribution < 1.29 is 28.9 Å². The Labute approximate surface area is 211 Å². The van der Waals surface area contributed by atoms with Crippen molar-refractivity contribution in [3.63, 3.8) is 0 Å². The summed E-state index contributed by atoms with van der Waals surface area (Å²) in [5, 5.41) is 12.1. The van der Waals surface area contributed by atoms with Crippen LogP contribution in [-0.4, -0.2) is 50.0 Å². The maximum Gasteiger partial charge on any atom is 0.332 e. The van der Waals surface area contributed by atoms with E-state index >= 15 is 0 Å². The number of rotatable bonds is 10. The molecule has 0 spiro atoms. The Morgan fingerprint density at radius 1 is 0.889 bits per heavy atom. The van der Waals surface area contributed by atoms with Crippen LogP contribution in [0.3, 0.4) is 0 Å². The molecule has 0 fully saturated rings. The molecular weight excluding hydrogens is 458 g/mol. The summed E-state index contributed by atoms with van der Waals surface area (Å²) < 4.78 is 16.5. The van der Waals surface area contributed by atoms with Crippen LogP contribution in [0.25, 0.3) is 0 Å². The molecule has 0 unspecified atom stereocenters. The Hall–Kier alpha value is -3.84. The number of carbonyl (C=O) groups is 2. The van der Waals surface area contributed by atoms with Gasteiger partial charge >= 0.3 is 5.97 Å². The van der Waals surface area contributed by atoms with Crippen LogP contribution in [0.15, 0.2) is 66.7 Å². The molecule has 0 heterocycles. The van der Waals surface area contributed by atoms with Crippen LogP contribution in [0.2, 0.25) is 0 Å². The lowest BCUT2D eigenvalue weighted by atomic mass is 9.95. The minimum atomic E-state index is -1.16. The van der Waals surface area contributed by atoms with Gasteiger partial charge in [-0.2, -0.15) is 0 Å². The first kappa shape index (κ1) is 25.3. The Kier molecular flexibility index (Phi) is 7.90. The molecule has 0 aliphatic heterocycles. The highest BCUT2D eigenvalue weighted by molar-refractivity contribution is 5.99. The highest BCUT2D eigenvalue weighted by Crippen LogP contribution is 2.33. The number of fused-ring (bicyclic) bond motifs is 1. The van der Waals surface area contributed by atoms with Crippen LogP contribution >= 0.6 is 0 Å². The van der Waals surface area contributed by atoms with Crippen LogP contribution in [0.4, 0.5) is 0 Å². The number of ether oxygens (including phenoxy) is 3. The highest BCUT2D eigenvalue weighted by Gasteiger charge is 2.46. The van der Waals surface area contributed by atoms with Crippen molar-refractivity contribution in [3.8, 4) is 11.5 Å². The molecule has 0 bridgehead atoms. The quantitative estimate of drug-likeness (QED) is 0.425. The van der Waals surface area contributed by atoms with Crippen LogP contribution in [0, 0.1) is 0 Å². The number of methoxy groups -OCH3 is 2. The number of hydrogen-bond donors (Lipinski definition) is 2. The van der Waals surface area contributed by atoms with Gasteiger partial charge in [0.15, 0.2) is 11.5 Å². The summed E-state index contributed by atoms with van der Waals surface area (Å²) in [5.41, 5.74) is 3.40. The molecule has 188 valence electrons. The van der Waals surface area contributed by atoms with E-state index in [4.69, 9.17) is 19.3 Å². The second-order valence-corrected chi connectivity index (χ2v) is 8.91. The molecule has 4 rings (SSSR count). The molecule has 0 saturated heterocycles. The molecule has 2 N–H and O–H groups in total. The molecule has 7 heteroatoms. The average molecular weight is 490 g/mol. The van der Waals surface area contributed by atoms with Crippen molar-refractivity contribution in [1.29, 1.82) is 0 Å². The third kappa shape index (κ3) is 5.52. The summed E-state index contributed by atoms with van der Waals surface area (Å²) >= 11 is 0. The standard InChI is InChI=1S/C29H31NO6/c1-34-25-11-10-22(17-26(25)36-15-13-21-7-5-6-20(16-21)12-14-31)27(32)30-29(28(33)35-2)18-23-8-3-4-9-24(23)19-29/h3-11,16-17,31H,12-15,18-19H2,1-2H3,(H,30,32). The van der Waals surface area contributed by atoms with Gasteiger partial charge in [-0.15, -0.1) is 0 Å². The highest BCUT2D eigenvalue weighted by atomic mass is 16.5. The van der Waals surface area contributed by atoms with Crippen molar-refractivity contribution in [1.82, 2.24) is 5.32 Å². The number of esters is 1. The summed E-state index contributed by atoms with van der Waals surface area (Å²) in [4.78, 5) is 26.1. The molecule has 0 atom stereocenters. The smallest absolute Gasteiger partial charge is 0.332 e. The molecule has 3 aromatic rings. The van der Waals surface area contributed by atoms with E-state index in [0.29, 0.717) is 49.4 Å². The number of amides is 1. The van der Waals surface area contributed by atoms with E-state index in [1.165, 1.54) is 7.11 Å². The first-order valence-corrected chi connectivity index (χ1v) is 12.0. The Morgan fingerprint density at radius 2 is 1.58 bits per heavy atom. The fourth-order valence-corrected chi connectivity index (χ4v) is 4.66. The largest absolute Gasteiger partial charge is 0.493 e. The Balaban J connectivity index is 1.48. The van der Waals surface area contributed by atoms with E-state index in [1.807, 2.05) is 48.5 Å². The topological polar surface area (TPSA) is 94.1 Å². The van der Waals surface area contributed by atoms with E-state index in [9.17, 15) is 9.59 Å². The number of aliphatic hydroxyl groups excluding tert-OH is 1. The molecule has 36 heavy (non-hydrogen) atoms. The normalized spacial score (nSPS) is 13.5.